The molecule has 21 heavy (non-hydrogen) atoms. The maximum absolute atomic E-state index is 10.4. The van der Waals surface area contributed by atoms with E-state index in [2.05, 4.69) is 0 Å². The predicted molar refractivity (Wildman–Crippen MR) is 87.4 cm³/mol. The molecule has 0 aliphatic heterocycles. The first-order chi connectivity index (χ1) is 10.3. The summed E-state index contributed by atoms with van der Waals surface area (Å²) in [7, 11) is 0. The van der Waals surface area contributed by atoms with E-state index in [1.807, 2.05) is 78.9 Å². The fourth-order valence-corrected chi connectivity index (χ4v) is 2.61. The number of hydrogen-bond acceptors (Lipinski definition) is 1. The maximum Gasteiger partial charge on any atom is 0.104 e. The lowest BCUT2D eigenvalue weighted by Gasteiger charge is -2.12. The quantitative estimate of drug-likeness (QED) is 0.713. The summed E-state index contributed by atoms with van der Waals surface area (Å²) in [5, 5.41) is 11.1. The summed E-state index contributed by atoms with van der Waals surface area (Å²) in [4.78, 5) is 0. The molecule has 0 radical (unpaired) electrons. The highest BCUT2D eigenvalue weighted by Crippen LogP contribution is 2.29. The van der Waals surface area contributed by atoms with E-state index in [0.29, 0.717) is 0 Å². The fraction of sp³-hybridized carbons (Fsp3) is 0.0526. The first-order valence-electron chi connectivity index (χ1n) is 6.83. The Labute approximate surface area is 129 Å². The number of aliphatic hydroxyl groups excluding tert-OH is 1. The molecule has 0 saturated carbocycles. The van der Waals surface area contributed by atoms with Crippen molar-refractivity contribution in [3.05, 3.63) is 95.0 Å². The van der Waals surface area contributed by atoms with Gasteiger partial charge in [0.05, 0.1) is 0 Å². The van der Waals surface area contributed by atoms with Crippen molar-refractivity contribution in [1.29, 1.82) is 0 Å². The maximum atomic E-state index is 10.4. The molecule has 0 heterocycles. The lowest BCUT2D eigenvalue weighted by molar-refractivity contribution is 0.220. The zero-order valence-corrected chi connectivity index (χ0v) is 12.2. The van der Waals surface area contributed by atoms with Gasteiger partial charge in [0.1, 0.15) is 6.10 Å². The van der Waals surface area contributed by atoms with Gasteiger partial charge < -0.3 is 5.11 Å². The number of hydrogen-bond donors (Lipinski definition) is 1. The molecule has 0 fully saturated rings. The Hall–Kier alpha value is -2.09. The van der Waals surface area contributed by atoms with Gasteiger partial charge in [-0.05, 0) is 22.8 Å². The molecular weight excluding hydrogens is 280 g/mol. The zero-order valence-electron chi connectivity index (χ0n) is 11.4. The van der Waals surface area contributed by atoms with Crippen molar-refractivity contribution in [1.82, 2.24) is 0 Å². The van der Waals surface area contributed by atoms with Crippen molar-refractivity contribution >= 4 is 11.6 Å². The minimum absolute atomic E-state index is 0.605. The molecule has 0 aromatic heterocycles. The minimum Gasteiger partial charge on any atom is -0.384 e. The summed E-state index contributed by atoms with van der Waals surface area (Å²) in [6.07, 6.45) is -0.605. The third kappa shape index (κ3) is 2.99. The molecule has 0 amide bonds. The second-order valence-electron chi connectivity index (χ2n) is 4.92. The molecule has 0 bridgehead atoms. The fourth-order valence-electron chi connectivity index (χ4n) is 2.37. The minimum atomic E-state index is -0.605. The summed E-state index contributed by atoms with van der Waals surface area (Å²) in [6, 6.07) is 25.3. The van der Waals surface area contributed by atoms with E-state index in [0.717, 1.165) is 27.3 Å². The summed E-state index contributed by atoms with van der Waals surface area (Å²) in [5.74, 6) is 0. The van der Waals surface area contributed by atoms with Crippen LogP contribution in [-0.4, -0.2) is 5.11 Å². The smallest absolute Gasteiger partial charge is 0.104 e. The Balaban J connectivity index is 1.90. The van der Waals surface area contributed by atoms with Gasteiger partial charge in [-0.3, -0.25) is 0 Å². The number of benzene rings is 3. The topological polar surface area (TPSA) is 20.2 Å². The van der Waals surface area contributed by atoms with E-state index in [9.17, 15) is 5.11 Å². The second-order valence-corrected chi connectivity index (χ2v) is 5.32. The molecule has 3 aromatic carbocycles. The zero-order chi connectivity index (χ0) is 14.7. The predicted octanol–water partition coefficient (Wildman–Crippen LogP) is 5.09. The van der Waals surface area contributed by atoms with Gasteiger partial charge in [-0.1, -0.05) is 84.4 Å². The van der Waals surface area contributed by atoms with Gasteiger partial charge in [0.2, 0.25) is 0 Å². The first kappa shape index (κ1) is 13.9. The largest absolute Gasteiger partial charge is 0.384 e. The van der Waals surface area contributed by atoms with Crippen molar-refractivity contribution in [2.75, 3.05) is 0 Å². The molecule has 0 saturated heterocycles. The van der Waals surface area contributed by atoms with Gasteiger partial charge in [-0.2, -0.15) is 0 Å². The average molecular weight is 295 g/mol. The van der Waals surface area contributed by atoms with Gasteiger partial charge in [0, 0.05) is 10.6 Å². The van der Waals surface area contributed by atoms with Crippen LogP contribution < -0.4 is 0 Å². The Bertz CT molecular complexity index is 720. The Kier molecular flexibility index (Phi) is 4.05. The number of rotatable bonds is 3. The Morgan fingerprint density at radius 2 is 1.24 bits per heavy atom. The molecule has 0 spiro atoms. The molecule has 3 aromatic rings. The van der Waals surface area contributed by atoms with Crippen molar-refractivity contribution in [2.45, 2.75) is 6.10 Å². The highest BCUT2D eigenvalue weighted by Gasteiger charge is 2.10. The molecule has 3 rings (SSSR count). The Morgan fingerprint density at radius 1 is 0.667 bits per heavy atom. The van der Waals surface area contributed by atoms with Crippen LogP contribution in [0.25, 0.3) is 11.1 Å². The van der Waals surface area contributed by atoms with Gasteiger partial charge in [0.15, 0.2) is 0 Å². The molecule has 1 N–H and O–H groups in total. The Morgan fingerprint density at radius 3 is 1.90 bits per heavy atom. The van der Waals surface area contributed by atoms with Crippen LogP contribution in [0.2, 0.25) is 5.02 Å². The molecule has 1 unspecified atom stereocenters. The lowest BCUT2D eigenvalue weighted by Crippen LogP contribution is -1.98. The molecule has 2 heteroatoms. The SMILES string of the molecule is OC(c1ccccc1)c1ccc(-c2ccccc2Cl)cc1. The third-order valence-corrected chi connectivity index (χ3v) is 3.86. The average Bonchev–Trinajstić information content (AvgIpc) is 2.56. The number of halogens is 1. The third-order valence-electron chi connectivity index (χ3n) is 3.53. The molecule has 1 atom stereocenters. The highest BCUT2D eigenvalue weighted by molar-refractivity contribution is 6.33. The highest BCUT2D eigenvalue weighted by atomic mass is 35.5. The van der Waals surface area contributed by atoms with Crippen LogP contribution in [0.5, 0.6) is 0 Å². The van der Waals surface area contributed by atoms with Gasteiger partial charge in [-0.15, -0.1) is 0 Å². The van der Waals surface area contributed by atoms with Gasteiger partial charge in [-0.25, -0.2) is 0 Å². The summed E-state index contributed by atoms with van der Waals surface area (Å²) in [6.45, 7) is 0. The summed E-state index contributed by atoms with van der Waals surface area (Å²) < 4.78 is 0. The van der Waals surface area contributed by atoms with Crippen LogP contribution >= 0.6 is 11.6 Å². The normalized spacial score (nSPS) is 12.1. The van der Waals surface area contributed by atoms with Crippen LogP contribution in [0.1, 0.15) is 17.2 Å². The monoisotopic (exact) mass is 294 g/mol. The van der Waals surface area contributed by atoms with Gasteiger partial charge in [0.25, 0.3) is 0 Å². The van der Waals surface area contributed by atoms with E-state index in [1.54, 1.807) is 0 Å². The van der Waals surface area contributed by atoms with E-state index in [1.165, 1.54) is 0 Å². The summed E-state index contributed by atoms with van der Waals surface area (Å²) in [5.41, 5.74) is 3.81. The molecule has 0 aliphatic carbocycles. The molecule has 104 valence electrons. The lowest BCUT2D eigenvalue weighted by atomic mass is 9.98. The molecule has 1 nitrogen and oxygen atoms in total. The summed E-state index contributed by atoms with van der Waals surface area (Å²) >= 11 is 6.21. The molecule has 0 aliphatic rings. The standard InChI is InChI=1S/C19H15ClO/c20-18-9-5-4-8-17(18)14-10-12-16(13-11-14)19(21)15-6-2-1-3-7-15/h1-13,19,21H. The first-order valence-corrected chi connectivity index (χ1v) is 7.21. The van der Waals surface area contributed by atoms with Crippen LogP contribution in [0, 0.1) is 0 Å². The van der Waals surface area contributed by atoms with Gasteiger partial charge >= 0.3 is 0 Å². The van der Waals surface area contributed by atoms with Crippen molar-refractivity contribution < 1.29 is 5.11 Å². The van der Waals surface area contributed by atoms with Crippen LogP contribution in [0.4, 0.5) is 0 Å². The van der Waals surface area contributed by atoms with Crippen molar-refractivity contribution in [3.63, 3.8) is 0 Å². The molecular formula is C19H15ClO. The number of aliphatic hydroxyl groups is 1. The van der Waals surface area contributed by atoms with E-state index < -0.39 is 6.10 Å². The van der Waals surface area contributed by atoms with E-state index in [4.69, 9.17) is 11.6 Å². The van der Waals surface area contributed by atoms with Crippen LogP contribution in [0.15, 0.2) is 78.9 Å². The van der Waals surface area contributed by atoms with Crippen LogP contribution in [0.3, 0.4) is 0 Å². The van der Waals surface area contributed by atoms with Crippen molar-refractivity contribution in [3.8, 4) is 11.1 Å². The van der Waals surface area contributed by atoms with Crippen molar-refractivity contribution in [2.24, 2.45) is 0 Å². The van der Waals surface area contributed by atoms with E-state index >= 15 is 0 Å². The van der Waals surface area contributed by atoms with E-state index in [-0.39, 0.29) is 0 Å². The second kappa shape index (κ2) is 6.13. The van der Waals surface area contributed by atoms with Crippen LogP contribution in [-0.2, 0) is 0 Å².